The maximum absolute atomic E-state index is 13.5. The number of hydrogen-bond acceptors (Lipinski definition) is 4. The van der Waals surface area contributed by atoms with E-state index in [1.54, 1.807) is 18.2 Å². The van der Waals surface area contributed by atoms with Crippen molar-refractivity contribution in [2.75, 3.05) is 19.6 Å². The van der Waals surface area contributed by atoms with Gasteiger partial charge < -0.3 is 19.1 Å². The molecule has 1 unspecified atom stereocenters. The Morgan fingerprint density at radius 2 is 1.66 bits per heavy atom. The fourth-order valence-electron chi connectivity index (χ4n) is 5.87. The van der Waals surface area contributed by atoms with E-state index in [0.717, 1.165) is 31.1 Å². The number of halogens is 2. The van der Waals surface area contributed by atoms with Crippen molar-refractivity contribution in [2.24, 2.45) is 0 Å². The molecule has 2 saturated heterocycles. The molecule has 1 aromatic carbocycles. The molecule has 1 atom stereocenters. The second-order valence-corrected chi connectivity index (χ2v) is 9.57. The van der Waals surface area contributed by atoms with Crippen LogP contribution in [-0.2, 0) is 14.1 Å². The molecule has 1 aromatic rings. The second kappa shape index (κ2) is 11.4. The number of rotatable bonds is 10. The van der Waals surface area contributed by atoms with Gasteiger partial charge in [0.2, 0.25) is 5.91 Å². The fraction of sp³-hybridized carbons (Fsp3) is 0.692. The quantitative estimate of drug-likeness (QED) is 0.458. The Morgan fingerprint density at radius 1 is 1.06 bits per heavy atom. The molecular formula is C26H39BF2N2O4. The third-order valence-corrected chi connectivity index (χ3v) is 7.95. The maximum Gasteiger partial charge on any atom is 0.494 e. The van der Waals surface area contributed by atoms with E-state index in [-0.39, 0.29) is 19.0 Å². The van der Waals surface area contributed by atoms with Crippen LogP contribution in [0.4, 0.5) is 8.78 Å². The number of carbonyl (C=O) groups is 2. The Balaban J connectivity index is 1.86. The van der Waals surface area contributed by atoms with Gasteiger partial charge >= 0.3 is 7.12 Å². The van der Waals surface area contributed by atoms with Gasteiger partial charge in [-0.3, -0.25) is 9.59 Å². The van der Waals surface area contributed by atoms with E-state index in [4.69, 9.17) is 9.31 Å². The van der Waals surface area contributed by atoms with Crippen molar-refractivity contribution in [1.29, 1.82) is 0 Å². The van der Waals surface area contributed by atoms with Gasteiger partial charge in [0, 0.05) is 18.7 Å². The molecule has 6 nitrogen and oxygen atoms in total. The van der Waals surface area contributed by atoms with Gasteiger partial charge in [0.1, 0.15) is 6.04 Å². The van der Waals surface area contributed by atoms with Crippen LogP contribution in [0.5, 0.6) is 0 Å². The van der Waals surface area contributed by atoms with E-state index >= 15 is 0 Å². The predicted molar refractivity (Wildman–Crippen MR) is 133 cm³/mol. The monoisotopic (exact) mass is 492 g/mol. The highest BCUT2D eigenvalue weighted by Crippen LogP contribution is 2.46. The molecule has 0 aromatic heterocycles. The van der Waals surface area contributed by atoms with Crippen LogP contribution in [0.3, 0.4) is 0 Å². The molecule has 3 rings (SSSR count). The lowest BCUT2D eigenvalue weighted by Gasteiger charge is -2.42. The summed E-state index contributed by atoms with van der Waals surface area (Å²) in [5, 5.41) is 0. The van der Waals surface area contributed by atoms with Crippen LogP contribution < -0.4 is 5.46 Å². The molecule has 0 aliphatic carbocycles. The Morgan fingerprint density at radius 3 is 2.17 bits per heavy atom. The van der Waals surface area contributed by atoms with Crippen LogP contribution in [0.2, 0.25) is 0 Å². The highest BCUT2D eigenvalue weighted by Gasteiger charge is 2.58. The largest absolute Gasteiger partial charge is 0.494 e. The lowest BCUT2D eigenvalue weighted by molar-refractivity contribution is -0.142. The minimum Gasteiger partial charge on any atom is -0.399 e. The minimum atomic E-state index is -2.59. The predicted octanol–water partition coefficient (Wildman–Crippen LogP) is 4.26. The van der Waals surface area contributed by atoms with E-state index in [9.17, 15) is 18.4 Å². The average Bonchev–Trinajstić information content (AvgIpc) is 3.21. The molecule has 194 valence electrons. The molecule has 2 aliphatic rings. The lowest BCUT2D eigenvalue weighted by Crippen LogP contribution is -2.59. The molecule has 0 saturated carbocycles. The van der Waals surface area contributed by atoms with Gasteiger partial charge in [0.05, 0.1) is 17.7 Å². The Bertz CT molecular complexity index is 872. The molecular weight excluding hydrogens is 453 g/mol. The van der Waals surface area contributed by atoms with Gasteiger partial charge in [-0.05, 0) is 49.7 Å². The number of hydrogen-bond donors (Lipinski definition) is 0. The summed E-state index contributed by atoms with van der Waals surface area (Å²) >= 11 is 0. The molecule has 0 radical (unpaired) electrons. The van der Waals surface area contributed by atoms with E-state index in [1.807, 2.05) is 13.0 Å². The third kappa shape index (κ3) is 5.12. The highest BCUT2D eigenvalue weighted by molar-refractivity contribution is 6.62. The summed E-state index contributed by atoms with van der Waals surface area (Å²) < 4.78 is 39.0. The van der Waals surface area contributed by atoms with Crippen LogP contribution in [0.1, 0.15) is 83.5 Å². The van der Waals surface area contributed by atoms with Crippen molar-refractivity contribution in [3.05, 3.63) is 29.8 Å². The van der Waals surface area contributed by atoms with E-state index < -0.39 is 43.2 Å². The van der Waals surface area contributed by atoms with Crippen LogP contribution >= 0.6 is 0 Å². The van der Waals surface area contributed by atoms with Crippen molar-refractivity contribution in [1.82, 2.24) is 9.80 Å². The number of amides is 2. The summed E-state index contributed by atoms with van der Waals surface area (Å²) in [6.45, 7) is 10.1. The molecule has 0 bridgehead atoms. The molecule has 0 spiro atoms. The molecule has 2 amide bonds. The molecule has 0 N–H and O–H groups in total. The number of nitrogens with zero attached hydrogens (tertiary/aromatic N) is 2. The highest BCUT2D eigenvalue weighted by atomic mass is 19.3. The summed E-state index contributed by atoms with van der Waals surface area (Å²) in [4.78, 5) is 29.2. The van der Waals surface area contributed by atoms with Gasteiger partial charge in [-0.15, -0.1) is 0 Å². The molecule has 2 heterocycles. The summed E-state index contributed by atoms with van der Waals surface area (Å²) in [5.41, 5.74) is 0.400. The zero-order valence-electron chi connectivity index (χ0n) is 21.7. The van der Waals surface area contributed by atoms with Crippen LogP contribution in [0.25, 0.3) is 0 Å². The zero-order valence-corrected chi connectivity index (χ0v) is 21.7. The minimum absolute atomic E-state index is 0.106. The lowest BCUT2D eigenvalue weighted by atomic mass is 9.75. The number of piperazine rings is 1. The van der Waals surface area contributed by atoms with Crippen molar-refractivity contribution in [3.63, 3.8) is 0 Å². The molecule has 2 aliphatic heterocycles. The Kier molecular flexibility index (Phi) is 8.97. The smallest absolute Gasteiger partial charge is 0.399 e. The van der Waals surface area contributed by atoms with Gasteiger partial charge in [-0.25, -0.2) is 8.78 Å². The molecule has 2 fully saturated rings. The Labute approximate surface area is 208 Å². The van der Waals surface area contributed by atoms with Gasteiger partial charge in [-0.1, -0.05) is 53.2 Å². The normalized spacial score (nSPS) is 21.8. The first-order valence-electron chi connectivity index (χ1n) is 13.0. The second-order valence-electron chi connectivity index (χ2n) is 9.57. The van der Waals surface area contributed by atoms with E-state index in [0.29, 0.717) is 18.4 Å². The topological polar surface area (TPSA) is 59.1 Å². The Hall–Kier alpha value is -2.00. The van der Waals surface area contributed by atoms with Crippen molar-refractivity contribution in [2.45, 2.75) is 96.8 Å². The summed E-state index contributed by atoms with van der Waals surface area (Å²) in [5.74, 6) is -0.681. The summed E-state index contributed by atoms with van der Waals surface area (Å²) in [7, 11) is -0.585. The zero-order chi connectivity index (χ0) is 25.8. The van der Waals surface area contributed by atoms with Crippen LogP contribution in [0, 0.1) is 0 Å². The van der Waals surface area contributed by atoms with Crippen molar-refractivity contribution < 1.29 is 27.7 Å². The van der Waals surface area contributed by atoms with E-state index in [1.165, 1.54) is 9.80 Å². The van der Waals surface area contributed by atoms with Gasteiger partial charge in [0.15, 0.2) is 0 Å². The maximum atomic E-state index is 13.5. The first-order chi connectivity index (χ1) is 16.7. The fourth-order valence-corrected chi connectivity index (χ4v) is 5.87. The van der Waals surface area contributed by atoms with Crippen molar-refractivity contribution >= 4 is 24.4 Å². The average molecular weight is 492 g/mol. The third-order valence-electron chi connectivity index (χ3n) is 7.95. The molecule has 35 heavy (non-hydrogen) atoms. The standard InChI is InChI=1S/C26H39BF2N2O4/c1-6-12-21-24(33)30(18-22(28)29)15-16-31(21)23(32)19-13-11-14-20(17-19)27-34-25(7-2,8-3)26(9-4,10-5)35-27/h11,13-14,17,21-22H,6-10,12,15-16,18H2,1-5H3. The van der Waals surface area contributed by atoms with Gasteiger partial charge in [-0.2, -0.15) is 0 Å². The number of carbonyl (C=O) groups excluding carboxylic acids is 2. The van der Waals surface area contributed by atoms with E-state index in [2.05, 4.69) is 27.7 Å². The summed E-state index contributed by atoms with van der Waals surface area (Å²) in [6.07, 6.45) is 1.80. The first kappa shape index (κ1) is 27.6. The number of alkyl halides is 2. The molecule has 9 heteroatoms. The number of benzene rings is 1. The van der Waals surface area contributed by atoms with Crippen LogP contribution in [0.15, 0.2) is 24.3 Å². The summed E-state index contributed by atoms with van der Waals surface area (Å²) in [6, 6.07) is 6.47. The van der Waals surface area contributed by atoms with Crippen molar-refractivity contribution in [3.8, 4) is 0 Å². The van der Waals surface area contributed by atoms with Crippen LogP contribution in [-0.4, -0.2) is 72.0 Å². The van der Waals surface area contributed by atoms with Gasteiger partial charge in [0.25, 0.3) is 12.3 Å². The first-order valence-corrected chi connectivity index (χ1v) is 13.0. The SMILES string of the molecule is CCCC1C(=O)N(CC(F)F)CCN1C(=O)c1cccc(B2OC(CC)(CC)C(CC)(CC)O2)c1.